The van der Waals surface area contributed by atoms with E-state index in [1.54, 1.807) is 0 Å². The minimum Gasteiger partial charge on any atom is -0.454 e. The van der Waals surface area contributed by atoms with Crippen molar-refractivity contribution < 1.29 is 4.42 Å². The second-order valence-electron chi connectivity index (χ2n) is 18.2. The van der Waals surface area contributed by atoms with Gasteiger partial charge >= 0.3 is 0 Å². The SMILES string of the molecule is N#Cc1cc(-n2c3ccccc3c3c2c(-c2ccc4sc5ccccc5c4c2)cc2c4ccccc4n(-c4ccccc4)c23)c2oc3ccccc3c2c1-c1nc(-c2ccccc2)nc(-c2ccccc2)n1. The molecule has 15 rings (SSSR count). The number of rotatable bonds is 6. The molecule has 0 aliphatic rings. The number of hydrogen-bond acceptors (Lipinski definition) is 6. The van der Waals surface area contributed by atoms with Crippen LogP contribution >= 0.6 is 11.3 Å². The third-order valence-electron chi connectivity index (χ3n) is 14.2. The monoisotopic (exact) mass is 936 g/mol. The summed E-state index contributed by atoms with van der Waals surface area (Å²) in [6.07, 6.45) is 0. The Bertz CT molecular complexity index is 4690. The number of fused-ring (bicyclic) bond motifs is 13. The predicted octanol–water partition coefficient (Wildman–Crippen LogP) is 16.9. The lowest BCUT2D eigenvalue weighted by atomic mass is 9.96. The number of aromatic nitrogens is 5. The first kappa shape index (κ1) is 40.2. The fourth-order valence-corrected chi connectivity index (χ4v) is 12.2. The first-order valence-corrected chi connectivity index (χ1v) is 24.7. The summed E-state index contributed by atoms with van der Waals surface area (Å²) in [6, 6.07) is 78.5. The molecule has 0 unspecified atom stereocenters. The van der Waals surface area contributed by atoms with E-state index in [0.717, 1.165) is 88.0 Å². The van der Waals surface area contributed by atoms with E-state index in [4.69, 9.17) is 19.4 Å². The van der Waals surface area contributed by atoms with Gasteiger partial charge in [0.25, 0.3) is 0 Å². The van der Waals surface area contributed by atoms with E-state index in [1.165, 1.54) is 20.2 Å². The summed E-state index contributed by atoms with van der Waals surface area (Å²) in [5, 5.41) is 20.1. The molecule has 0 saturated carbocycles. The van der Waals surface area contributed by atoms with Gasteiger partial charge in [0.15, 0.2) is 23.1 Å². The van der Waals surface area contributed by atoms with Crippen molar-refractivity contribution >= 4 is 97.1 Å². The molecule has 0 radical (unpaired) electrons. The first-order valence-electron chi connectivity index (χ1n) is 23.9. The van der Waals surface area contributed by atoms with Gasteiger partial charge in [-0.05, 0) is 66.2 Å². The van der Waals surface area contributed by atoms with Crippen molar-refractivity contribution in [2.24, 2.45) is 0 Å². The summed E-state index contributed by atoms with van der Waals surface area (Å²) in [5.41, 5.74) is 12.1. The topological polar surface area (TPSA) is 85.5 Å². The summed E-state index contributed by atoms with van der Waals surface area (Å²) in [6.45, 7) is 0. The van der Waals surface area contributed by atoms with E-state index >= 15 is 0 Å². The van der Waals surface area contributed by atoms with Gasteiger partial charge in [0.2, 0.25) is 0 Å². The maximum Gasteiger partial charge on any atom is 0.166 e. The summed E-state index contributed by atoms with van der Waals surface area (Å²) >= 11 is 1.82. The predicted molar refractivity (Wildman–Crippen MR) is 295 cm³/mol. The number of hydrogen-bond donors (Lipinski definition) is 0. The molecule has 10 aromatic carbocycles. The van der Waals surface area contributed by atoms with Crippen LogP contribution in [-0.2, 0) is 0 Å². The number of nitriles is 1. The normalized spacial score (nSPS) is 11.9. The maximum absolute atomic E-state index is 11.6. The molecule has 15 aromatic rings. The molecule has 0 fully saturated rings. The molecule has 0 bridgehead atoms. The first-order chi connectivity index (χ1) is 35.7. The molecule has 0 N–H and O–H groups in total. The Labute approximate surface area is 415 Å². The van der Waals surface area contributed by atoms with Crippen molar-refractivity contribution in [3.8, 4) is 62.7 Å². The van der Waals surface area contributed by atoms with Crippen molar-refractivity contribution in [2.45, 2.75) is 0 Å². The van der Waals surface area contributed by atoms with Gasteiger partial charge in [-0.25, -0.2) is 15.0 Å². The Hall–Kier alpha value is -9.68. The van der Waals surface area contributed by atoms with E-state index in [9.17, 15) is 5.26 Å². The van der Waals surface area contributed by atoms with Crippen molar-refractivity contribution in [1.82, 2.24) is 24.1 Å². The van der Waals surface area contributed by atoms with Crippen molar-refractivity contribution in [1.29, 1.82) is 5.26 Å². The molecule has 0 aliphatic carbocycles. The lowest BCUT2D eigenvalue weighted by Gasteiger charge is -2.16. The molecule has 334 valence electrons. The van der Waals surface area contributed by atoms with Gasteiger partial charge in [0.1, 0.15) is 5.58 Å². The minimum atomic E-state index is 0.385. The number of benzene rings is 10. The molecular formula is C64H36N6OS. The van der Waals surface area contributed by atoms with Crippen LogP contribution in [0.5, 0.6) is 0 Å². The Kier molecular flexibility index (Phi) is 8.76. The Morgan fingerprint density at radius 1 is 0.431 bits per heavy atom. The summed E-state index contributed by atoms with van der Waals surface area (Å²) in [7, 11) is 0. The highest BCUT2D eigenvalue weighted by Gasteiger charge is 2.29. The van der Waals surface area contributed by atoms with Crippen LogP contribution in [0, 0.1) is 11.3 Å². The van der Waals surface area contributed by atoms with E-state index < -0.39 is 0 Å². The lowest BCUT2D eigenvalue weighted by Crippen LogP contribution is -2.03. The van der Waals surface area contributed by atoms with Gasteiger partial charge < -0.3 is 13.6 Å². The summed E-state index contributed by atoms with van der Waals surface area (Å²) in [5.74, 6) is 1.40. The Morgan fingerprint density at radius 3 is 1.74 bits per heavy atom. The van der Waals surface area contributed by atoms with Gasteiger partial charge in [-0.15, -0.1) is 11.3 Å². The molecule has 8 heteroatoms. The van der Waals surface area contributed by atoms with Crippen molar-refractivity contribution in [3.63, 3.8) is 0 Å². The standard InChI is InChI=1S/C64H36N6OS/c65-37-41-35-52(61-57(46-27-12-16-30-53(46)71-61)56(41)64-67-62(38-18-4-1-5-19-38)66-63(68-64)39-20-6-2-7-21-39)70-51-29-15-11-26-45(51)58-59(70)47(40-32-33-55-48(34-40)44-25-13-17-31-54(44)72-55)36-49-43-24-10-14-28-50(43)69(60(49)58)42-22-8-3-9-23-42/h1-36H. The van der Waals surface area contributed by atoms with Crippen LogP contribution in [0.1, 0.15) is 5.56 Å². The molecule has 0 atom stereocenters. The number of para-hydroxylation sites is 4. The molecule has 0 saturated heterocycles. The Morgan fingerprint density at radius 2 is 1.01 bits per heavy atom. The zero-order valence-electron chi connectivity index (χ0n) is 38.3. The van der Waals surface area contributed by atoms with Gasteiger partial charge in [-0.3, -0.25) is 0 Å². The van der Waals surface area contributed by atoms with Crippen LogP contribution in [0.4, 0.5) is 0 Å². The molecule has 7 nitrogen and oxygen atoms in total. The fraction of sp³-hybridized carbons (Fsp3) is 0. The zero-order valence-corrected chi connectivity index (χ0v) is 39.1. The molecule has 0 spiro atoms. The molecular weight excluding hydrogens is 901 g/mol. The third kappa shape index (κ3) is 5.92. The number of nitrogens with zero attached hydrogens (tertiary/aromatic N) is 6. The molecule has 72 heavy (non-hydrogen) atoms. The van der Waals surface area contributed by atoms with E-state index in [-0.39, 0.29) is 0 Å². The quantitative estimate of drug-likeness (QED) is 0.166. The van der Waals surface area contributed by atoms with E-state index in [2.05, 4.69) is 149 Å². The van der Waals surface area contributed by atoms with Crippen LogP contribution < -0.4 is 0 Å². The molecule has 0 aliphatic heterocycles. The number of thiophene rings is 1. The van der Waals surface area contributed by atoms with E-state index in [0.29, 0.717) is 39.8 Å². The van der Waals surface area contributed by atoms with Crippen LogP contribution in [0.15, 0.2) is 223 Å². The fourth-order valence-electron chi connectivity index (χ4n) is 11.1. The van der Waals surface area contributed by atoms with Crippen LogP contribution in [0.3, 0.4) is 0 Å². The highest BCUT2D eigenvalue weighted by molar-refractivity contribution is 7.25. The second-order valence-corrected chi connectivity index (χ2v) is 19.2. The average Bonchev–Trinajstić information content (AvgIpc) is 4.21. The highest BCUT2D eigenvalue weighted by Crippen LogP contribution is 2.50. The van der Waals surface area contributed by atoms with Crippen LogP contribution in [0.25, 0.3) is 142 Å². The maximum atomic E-state index is 11.6. The molecule has 5 heterocycles. The summed E-state index contributed by atoms with van der Waals surface area (Å²) < 4.78 is 14.4. The highest BCUT2D eigenvalue weighted by atomic mass is 32.1. The lowest BCUT2D eigenvalue weighted by molar-refractivity contribution is 0.666. The van der Waals surface area contributed by atoms with E-state index in [1.807, 2.05) is 96.3 Å². The third-order valence-corrected chi connectivity index (χ3v) is 15.3. The van der Waals surface area contributed by atoms with Gasteiger partial charge in [-0.1, -0.05) is 158 Å². The Balaban J connectivity index is 1.12. The zero-order chi connectivity index (χ0) is 47.4. The van der Waals surface area contributed by atoms with Crippen LogP contribution in [0.2, 0.25) is 0 Å². The average molecular weight is 937 g/mol. The minimum absolute atomic E-state index is 0.385. The van der Waals surface area contributed by atoms with Gasteiger partial charge in [0, 0.05) is 80.4 Å². The van der Waals surface area contributed by atoms with Crippen molar-refractivity contribution in [3.05, 3.63) is 224 Å². The van der Waals surface area contributed by atoms with Gasteiger partial charge in [-0.2, -0.15) is 5.26 Å². The smallest absolute Gasteiger partial charge is 0.166 e. The molecule has 5 aromatic heterocycles. The van der Waals surface area contributed by atoms with Gasteiger partial charge in [0.05, 0.1) is 39.4 Å². The van der Waals surface area contributed by atoms with Crippen LogP contribution in [-0.4, -0.2) is 24.1 Å². The molecule has 0 amide bonds. The van der Waals surface area contributed by atoms with Crippen molar-refractivity contribution in [2.75, 3.05) is 0 Å². The summed E-state index contributed by atoms with van der Waals surface area (Å²) in [4.78, 5) is 15.4. The largest absolute Gasteiger partial charge is 0.454 e. The number of furan rings is 1. The second kappa shape index (κ2) is 15.7.